The van der Waals surface area contributed by atoms with Crippen LogP contribution in [0.5, 0.6) is 0 Å². The molecule has 0 fully saturated rings. The summed E-state index contributed by atoms with van der Waals surface area (Å²) in [5.41, 5.74) is 0.441. The summed E-state index contributed by atoms with van der Waals surface area (Å²) in [4.78, 5) is 11.5. The first-order chi connectivity index (χ1) is 5.75. The van der Waals surface area contributed by atoms with Crippen molar-refractivity contribution in [3.63, 3.8) is 0 Å². The summed E-state index contributed by atoms with van der Waals surface area (Å²) in [7, 11) is 0. The maximum atomic E-state index is 11.5. The van der Waals surface area contributed by atoms with E-state index in [0.29, 0.717) is 5.69 Å². The Morgan fingerprint density at radius 3 is 3.00 bits per heavy atom. The van der Waals surface area contributed by atoms with Crippen molar-refractivity contribution in [2.75, 3.05) is 0 Å². The summed E-state index contributed by atoms with van der Waals surface area (Å²) in [6, 6.07) is 0. The highest BCUT2D eigenvalue weighted by atomic mass is 16.1. The molecule has 1 N–H and O–H groups in total. The Labute approximate surface area is 71.4 Å². The fourth-order valence-corrected chi connectivity index (χ4v) is 1.14. The monoisotopic (exact) mass is 167 g/mol. The van der Waals surface area contributed by atoms with Crippen molar-refractivity contribution in [2.24, 2.45) is 5.92 Å². The average molecular weight is 167 g/mol. The number of nitrogens with one attached hydrogen (secondary N) is 1. The fourth-order valence-electron chi connectivity index (χ4n) is 1.14. The van der Waals surface area contributed by atoms with E-state index in [1.807, 2.05) is 6.92 Å². The van der Waals surface area contributed by atoms with Crippen LogP contribution in [0, 0.1) is 5.92 Å². The van der Waals surface area contributed by atoms with Crippen molar-refractivity contribution in [1.29, 1.82) is 0 Å². The van der Waals surface area contributed by atoms with E-state index in [1.165, 1.54) is 6.20 Å². The second kappa shape index (κ2) is 3.99. The van der Waals surface area contributed by atoms with Gasteiger partial charge in [0.05, 0.1) is 6.20 Å². The second-order valence-electron chi connectivity index (χ2n) is 2.91. The Bertz CT molecular complexity index is 243. The molecule has 0 aliphatic carbocycles. The van der Waals surface area contributed by atoms with Gasteiger partial charge < -0.3 is 0 Å². The van der Waals surface area contributed by atoms with Gasteiger partial charge in [-0.3, -0.25) is 4.79 Å². The van der Waals surface area contributed by atoms with Crippen LogP contribution in [0.4, 0.5) is 0 Å². The van der Waals surface area contributed by atoms with Gasteiger partial charge in [0.2, 0.25) is 0 Å². The van der Waals surface area contributed by atoms with Crippen LogP contribution in [-0.2, 0) is 0 Å². The Balaban J connectivity index is 2.59. The van der Waals surface area contributed by atoms with Crippen LogP contribution in [0.15, 0.2) is 6.20 Å². The smallest absolute Gasteiger partial charge is 0.187 e. The number of carbonyl (C=O) groups excluding carboxylic acids is 1. The minimum absolute atomic E-state index is 0.0556. The van der Waals surface area contributed by atoms with Crippen LogP contribution in [0.2, 0.25) is 0 Å². The first kappa shape index (κ1) is 8.90. The molecule has 0 radical (unpaired) electrons. The number of Topliss-reactive ketones (excluding diaryl/α,β-unsaturated/α-hetero) is 1. The molecule has 0 aromatic carbocycles. The third kappa shape index (κ3) is 1.90. The number of aromatic amines is 1. The Morgan fingerprint density at radius 2 is 2.50 bits per heavy atom. The largest absolute Gasteiger partial charge is 0.292 e. The molecule has 1 rings (SSSR count). The predicted octanol–water partition coefficient (Wildman–Crippen LogP) is 1.42. The number of aromatic nitrogens is 3. The first-order valence-electron chi connectivity index (χ1n) is 4.15. The molecular formula is C8H13N3O. The SMILES string of the molecule is CCCC(C)C(=O)c1cn[nH]n1. The molecule has 1 aromatic heterocycles. The lowest BCUT2D eigenvalue weighted by Gasteiger charge is -2.04. The molecule has 1 unspecified atom stereocenters. The Kier molecular flexibility index (Phi) is 2.96. The van der Waals surface area contributed by atoms with E-state index in [2.05, 4.69) is 22.3 Å². The Morgan fingerprint density at radius 1 is 1.75 bits per heavy atom. The van der Waals surface area contributed by atoms with Crippen LogP contribution < -0.4 is 0 Å². The molecule has 0 bridgehead atoms. The van der Waals surface area contributed by atoms with Crippen molar-refractivity contribution < 1.29 is 4.79 Å². The maximum absolute atomic E-state index is 11.5. The molecule has 0 saturated heterocycles. The normalized spacial score (nSPS) is 12.8. The molecular weight excluding hydrogens is 154 g/mol. The number of rotatable bonds is 4. The number of ketones is 1. The van der Waals surface area contributed by atoms with E-state index in [1.54, 1.807) is 0 Å². The van der Waals surface area contributed by atoms with E-state index in [9.17, 15) is 4.79 Å². The molecule has 4 heteroatoms. The highest BCUT2D eigenvalue weighted by Crippen LogP contribution is 2.10. The molecule has 0 aliphatic rings. The minimum atomic E-state index is 0.0556. The number of nitrogens with zero attached hydrogens (tertiary/aromatic N) is 2. The lowest BCUT2D eigenvalue weighted by Crippen LogP contribution is -2.11. The van der Waals surface area contributed by atoms with Crippen LogP contribution in [0.1, 0.15) is 37.2 Å². The van der Waals surface area contributed by atoms with E-state index in [4.69, 9.17) is 0 Å². The molecule has 1 aromatic rings. The van der Waals surface area contributed by atoms with Gasteiger partial charge in [0, 0.05) is 5.92 Å². The lowest BCUT2D eigenvalue weighted by atomic mass is 9.99. The number of hydrogen-bond donors (Lipinski definition) is 1. The lowest BCUT2D eigenvalue weighted by molar-refractivity contribution is 0.0918. The molecule has 1 heterocycles. The molecule has 0 aliphatic heterocycles. The highest BCUT2D eigenvalue weighted by molar-refractivity contribution is 5.95. The molecule has 0 amide bonds. The van der Waals surface area contributed by atoms with Crippen molar-refractivity contribution in [3.05, 3.63) is 11.9 Å². The zero-order valence-electron chi connectivity index (χ0n) is 7.37. The van der Waals surface area contributed by atoms with Crippen molar-refractivity contribution in [2.45, 2.75) is 26.7 Å². The van der Waals surface area contributed by atoms with Gasteiger partial charge in [-0.05, 0) is 6.42 Å². The van der Waals surface area contributed by atoms with Crippen molar-refractivity contribution >= 4 is 5.78 Å². The van der Waals surface area contributed by atoms with Crippen LogP contribution >= 0.6 is 0 Å². The summed E-state index contributed by atoms with van der Waals surface area (Å²) in [6.45, 7) is 3.98. The number of carbonyl (C=O) groups is 1. The first-order valence-corrected chi connectivity index (χ1v) is 4.15. The van der Waals surface area contributed by atoms with E-state index < -0.39 is 0 Å². The summed E-state index contributed by atoms with van der Waals surface area (Å²) in [5, 5.41) is 9.75. The van der Waals surface area contributed by atoms with Gasteiger partial charge >= 0.3 is 0 Å². The van der Waals surface area contributed by atoms with Crippen LogP contribution in [-0.4, -0.2) is 21.2 Å². The number of H-pyrrole nitrogens is 1. The fraction of sp³-hybridized carbons (Fsp3) is 0.625. The maximum Gasteiger partial charge on any atom is 0.187 e. The number of hydrogen-bond acceptors (Lipinski definition) is 3. The zero-order chi connectivity index (χ0) is 8.97. The van der Waals surface area contributed by atoms with Crippen molar-refractivity contribution in [1.82, 2.24) is 15.4 Å². The van der Waals surface area contributed by atoms with Gasteiger partial charge in [-0.1, -0.05) is 20.3 Å². The van der Waals surface area contributed by atoms with E-state index >= 15 is 0 Å². The van der Waals surface area contributed by atoms with Gasteiger partial charge in [-0.2, -0.15) is 15.4 Å². The third-order valence-corrected chi connectivity index (χ3v) is 1.84. The predicted molar refractivity (Wildman–Crippen MR) is 44.8 cm³/mol. The summed E-state index contributed by atoms with van der Waals surface area (Å²) in [6.07, 6.45) is 3.39. The van der Waals surface area contributed by atoms with Gasteiger partial charge in [-0.15, -0.1) is 0 Å². The molecule has 66 valence electrons. The summed E-state index contributed by atoms with van der Waals surface area (Å²) < 4.78 is 0. The summed E-state index contributed by atoms with van der Waals surface area (Å²) in [5.74, 6) is 0.130. The third-order valence-electron chi connectivity index (χ3n) is 1.84. The molecule has 1 atom stereocenters. The highest BCUT2D eigenvalue weighted by Gasteiger charge is 2.15. The second-order valence-corrected chi connectivity index (χ2v) is 2.91. The average Bonchev–Trinajstić information content (AvgIpc) is 2.55. The molecule has 4 nitrogen and oxygen atoms in total. The molecule has 12 heavy (non-hydrogen) atoms. The van der Waals surface area contributed by atoms with E-state index in [0.717, 1.165) is 12.8 Å². The standard InChI is InChI=1S/C8H13N3O/c1-3-4-6(2)8(12)7-5-9-11-10-7/h5-6H,3-4H2,1-2H3,(H,9,10,11). The van der Waals surface area contributed by atoms with Crippen LogP contribution in [0.3, 0.4) is 0 Å². The molecule has 0 spiro atoms. The minimum Gasteiger partial charge on any atom is -0.292 e. The molecule has 0 saturated carbocycles. The van der Waals surface area contributed by atoms with Crippen molar-refractivity contribution in [3.8, 4) is 0 Å². The van der Waals surface area contributed by atoms with Gasteiger partial charge in [0.15, 0.2) is 5.78 Å². The Hall–Kier alpha value is -1.19. The summed E-state index contributed by atoms with van der Waals surface area (Å²) >= 11 is 0. The van der Waals surface area contributed by atoms with E-state index in [-0.39, 0.29) is 11.7 Å². The zero-order valence-corrected chi connectivity index (χ0v) is 7.37. The topological polar surface area (TPSA) is 58.6 Å². The van der Waals surface area contributed by atoms with Gasteiger partial charge in [-0.25, -0.2) is 0 Å². The quantitative estimate of drug-likeness (QED) is 0.690. The van der Waals surface area contributed by atoms with Crippen LogP contribution in [0.25, 0.3) is 0 Å². The van der Waals surface area contributed by atoms with Gasteiger partial charge in [0.25, 0.3) is 0 Å². The van der Waals surface area contributed by atoms with Gasteiger partial charge in [0.1, 0.15) is 5.69 Å².